The summed E-state index contributed by atoms with van der Waals surface area (Å²) in [4.78, 5) is 27.1. The number of carbonyl (C=O) groups excluding carboxylic acids is 2. The lowest BCUT2D eigenvalue weighted by Gasteiger charge is -2.21. The maximum absolute atomic E-state index is 12.0. The second kappa shape index (κ2) is 5.48. The molecule has 1 unspecified atom stereocenters. The number of hydrogen-bond donors (Lipinski definition) is 2. The third-order valence-corrected chi connectivity index (χ3v) is 3.76. The van der Waals surface area contributed by atoms with Crippen LogP contribution in [0, 0.1) is 12.8 Å². The van der Waals surface area contributed by atoms with E-state index in [1.165, 1.54) is 0 Å². The van der Waals surface area contributed by atoms with Gasteiger partial charge >= 0.3 is 0 Å². The Kier molecular flexibility index (Phi) is 3.96. The number of amides is 2. The Balaban J connectivity index is 1.98. The summed E-state index contributed by atoms with van der Waals surface area (Å²) in [6.07, 6.45) is 2.66. The predicted molar refractivity (Wildman–Crippen MR) is 71.0 cm³/mol. The topological polar surface area (TPSA) is 71.1 Å². The predicted octanol–water partition coefficient (Wildman–Crippen LogP) is 1.62. The van der Waals surface area contributed by atoms with Crippen LogP contribution >= 0.6 is 15.9 Å². The van der Waals surface area contributed by atoms with Gasteiger partial charge in [0.05, 0.1) is 5.92 Å². The molecule has 6 heteroatoms. The molecule has 0 saturated carbocycles. The number of hydrogen-bond acceptors (Lipinski definition) is 3. The first kappa shape index (κ1) is 13.0. The molecule has 2 amide bonds. The van der Waals surface area contributed by atoms with Crippen molar-refractivity contribution in [2.24, 2.45) is 5.92 Å². The molecular formula is C12H14BrN3O2. The SMILES string of the molecule is Cc1cc(NC(=O)C2CCC(=O)NC2)ncc1Br. The van der Waals surface area contributed by atoms with E-state index in [-0.39, 0.29) is 17.7 Å². The zero-order valence-corrected chi connectivity index (χ0v) is 11.6. The monoisotopic (exact) mass is 311 g/mol. The van der Waals surface area contributed by atoms with Gasteiger partial charge in [-0.05, 0) is 40.9 Å². The van der Waals surface area contributed by atoms with Gasteiger partial charge in [-0.3, -0.25) is 9.59 Å². The first-order valence-corrected chi connectivity index (χ1v) is 6.55. The summed E-state index contributed by atoms with van der Waals surface area (Å²) in [6.45, 7) is 2.34. The minimum absolute atomic E-state index is 0.0108. The third kappa shape index (κ3) is 3.07. The number of aryl methyl sites for hydroxylation is 1. The van der Waals surface area contributed by atoms with Gasteiger partial charge in [-0.1, -0.05) is 0 Å². The van der Waals surface area contributed by atoms with Gasteiger partial charge < -0.3 is 10.6 Å². The molecule has 18 heavy (non-hydrogen) atoms. The summed E-state index contributed by atoms with van der Waals surface area (Å²) in [5, 5.41) is 5.46. The zero-order valence-electron chi connectivity index (χ0n) is 10.00. The molecule has 1 atom stereocenters. The van der Waals surface area contributed by atoms with Gasteiger partial charge in [0.15, 0.2) is 0 Å². The number of piperidine rings is 1. The lowest BCUT2D eigenvalue weighted by atomic mass is 9.98. The van der Waals surface area contributed by atoms with Crippen LogP contribution in [0.15, 0.2) is 16.7 Å². The van der Waals surface area contributed by atoms with Crippen LogP contribution in [-0.4, -0.2) is 23.3 Å². The Morgan fingerprint density at radius 1 is 1.61 bits per heavy atom. The van der Waals surface area contributed by atoms with Crippen LogP contribution in [-0.2, 0) is 9.59 Å². The highest BCUT2D eigenvalue weighted by Crippen LogP contribution is 2.18. The lowest BCUT2D eigenvalue weighted by Crippen LogP contribution is -2.40. The van der Waals surface area contributed by atoms with Crippen LogP contribution in [0.2, 0.25) is 0 Å². The maximum atomic E-state index is 12.0. The van der Waals surface area contributed by atoms with Crippen molar-refractivity contribution in [3.63, 3.8) is 0 Å². The third-order valence-electron chi connectivity index (χ3n) is 2.93. The van der Waals surface area contributed by atoms with E-state index in [0.29, 0.717) is 25.2 Å². The van der Waals surface area contributed by atoms with Gasteiger partial charge in [0.2, 0.25) is 11.8 Å². The summed E-state index contributed by atoms with van der Waals surface area (Å²) in [7, 11) is 0. The van der Waals surface area contributed by atoms with Crippen LogP contribution in [0.4, 0.5) is 5.82 Å². The summed E-state index contributed by atoms with van der Waals surface area (Å²) >= 11 is 3.36. The second-order valence-electron chi connectivity index (χ2n) is 4.35. The van der Waals surface area contributed by atoms with E-state index in [9.17, 15) is 9.59 Å². The molecule has 96 valence electrons. The van der Waals surface area contributed by atoms with Gasteiger partial charge in [-0.25, -0.2) is 4.98 Å². The molecular weight excluding hydrogens is 298 g/mol. The number of aromatic nitrogens is 1. The molecule has 0 spiro atoms. The van der Waals surface area contributed by atoms with Gasteiger partial charge in [-0.2, -0.15) is 0 Å². The van der Waals surface area contributed by atoms with Crippen LogP contribution in [0.3, 0.4) is 0 Å². The number of carbonyl (C=O) groups is 2. The summed E-state index contributed by atoms with van der Waals surface area (Å²) < 4.78 is 0.908. The van der Waals surface area contributed by atoms with Crippen molar-refractivity contribution in [1.82, 2.24) is 10.3 Å². The normalized spacial score (nSPS) is 19.2. The largest absolute Gasteiger partial charge is 0.355 e. The quantitative estimate of drug-likeness (QED) is 0.872. The van der Waals surface area contributed by atoms with Crippen molar-refractivity contribution in [3.05, 3.63) is 22.3 Å². The molecule has 5 nitrogen and oxygen atoms in total. The molecule has 0 bridgehead atoms. The number of halogens is 1. The van der Waals surface area contributed by atoms with E-state index in [0.717, 1.165) is 10.0 Å². The molecule has 1 aromatic rings. The van der Waals surface area contributed by atoms with E-state index in [1.54, 1.807) is 6.20 Å². The van der Waals surface area contributed by atoms with Crippen molar-refractivity contribution in [1.29, 1.82) is 0 Å². The lowest BCUT2D eigenvalue weighted by molar-refractivity contribution is -0.126. The molecule has 0 aliphatic carbocycles. The highest BCUT2D eigenvalue weighted by Gasteiger charge is 2.24. The number of anilines is 1. The fourth-order valence-corrected chi connectivity index (χ4v) is 2.01. The molecule has 1 aliphatic rings. The van der Waals surface area contributed by atoms with Gasteiger partial charge in [0, 0.05) is 23.6 Å². The Morgan fingerprint density at radius 3 is 3.00 bits per heavy atom. The van der Waals surface area contributed by atoms with E-state index in [1.807, 2.05) is 13.0 Å². The van der Waals surface area contributed by atoms with E-state index < -0.39 is 0 Å². The fraction of sp³-hybridized carbons (Fsp3) is 0.417. The van der Waals surface area contributed by atoms with E-state index >= 15 is 0 Å². The van der Waals surface area contributed by atoms with Crippen LogP contribution in [0.1, 0.15) is 18.4 Å². The Bertz CT molecular complexity index is 480. The molecule has 1 fully saturated rings. The fourth-order valence-electron chi connectivity index (χ4n) is 1.79. The minimum atomic E-state index is -0.173. The summed E-state index contributed by atoms with van der Waals surface area (Å²) in [5.41, 5.74) is 1.01. The Labute approximate surface area is 113 Å². The molecule has 2 rings (SSSR count). The summed E-state index contributed by atoms with van der Waals surface area (Å²) in [5.74, 6) is 0.284. The molecule has 0 aromatic carbocycles. The maximum Gasteiger partial charge on any atom is 0.230 e. The first-order chi connectivity index (χ1) is 8.56. The molecule has 1 aromatic heterocycles. The van der Waals surface area contributed by atoms with E-state index in [2.05, 4.69) is 31.5 Å². The standard InChI is InChI=1S/C12H14BrN3O2/c1-7-4-10(14-6-9(7)13)16-12(18)8-2-3-11(17)15-5-8/h4,6,8H,2-3,5H2,1H3,(H,15,17)(H,14,16,18). The first-order valence-electron chi connectivity index (χ1n) is 5.76. The molecule has 2 N–H and O–H groups in total. The van der Waals surface area contributed by atoms with Crippen molar-refractivity contribution in [2.45, 2.75) is 19.8 Å². The molecule has 1 aliphatic heterocycles. The smallest absolute Gasteiger partial charge is 0.230 e. The molecule has 2 heterocycles. The molecule has 1 saturated heterocycles. The minimum Gasteiger partial charge on any atom is -0.355 e. The van der Waals surface area contributed by atoms with Gasteiger partial charge in [0.25, 0.3) is 0 Å². The van der Waals surface area contributed by atoms with Crippen LogP contribution < -0.4 is 10.6 Å². The highest BCUT2D eigenvalue weighted by molar-refractivity contribution is 9.10. The van der Waals surface area contributed by atoms with Crippen molar-refractivity contribution in [3.8, 4) is 0 Å². The number of rotatable bonds is 2. The average molecular weight is 312 g/mol. The summed E-state index contributed by atoms with van der Waals surface area (Å²) in [6, 6.07) is 1.81. The van der Waals surface area contributed by atoms with Crippen molar-refractivity contribution >= 4 is 33.6 Å². The average Bonchev–Trinajstić information content (AvgIpc) is 2.34. The van der Waals surface area contributed by atoms with Crippen LogP contribution in [0.5, 0.6) is 0 Å². The zero-order chi connectivity index (χ0) is 13.1. The molecule has 0 radical (unpaired) electrons. The van der Waals surface area contributed by atoms with Gasteiger partial charge in [-0.15, -0.1) is 0 Å². The van der Waals surface area contributed by atoms with Crippen molar-refractivity contribution < 1.29 is 9.59 Å². The van der Waals surface area contributed by atoms with E-state index in [4.69, 9.17) is 0 Å². The van der Waals surface area contributed by atoms with Crippen LogP contribution in [0.25, 0.3) is 0 Å². The number of nitrogens with one attached hydrogen (secondary N) is 2. The van der Waals surface area contributed by atoms with Crippen molar-refractivity contribution in [2.75, 3.05) is 11.9 Å². The Morgan fingerprint density at radius 2 is 2.39 bits per heavy atom. The Hall–Kier alpha value is -1.43. The number of pyridine rings is 1. The highest BCUT2D eigenvalue weighted by atomic mass is 79.9. The van der Waals surface area contributed by atoms with Gasteiger partial charge in [0.1, 0.15) is 5.82 Å². The number of nitrogens with zero attached hydrogens (tertiary/aromatic N) is 1. The second-order valence-corrected chi connectivity index (χ2v) is 5.20.